The van der Waals surface area contributed by atoms with Crippen molar-refractivity contribution in [2.75, 3.05) is 0 Å². The van der Waals surface area contributed by atoms with Gasteiger partial charge < -0.3 is 9.26 Å². The first kappa shape index (κ1) is 12.6. The fourth-order valence-corrected chi connectivity index (χ4v) is 2.68. The molecule has 2 aliphatic carbocycles. The number of hydrogen-bond acceptors (Lipinski definition) is 5. The SMILES string of the molecule is O=C1CCCc2cc(OCc3noc(C4CC4)n3)ccc21. The summed E-state index contributed by atoms with van der Waals surface area (Å²) in [4.78, 5) is 16.1. The first-order valence-electron chi connectivity index (χ1n) is 7.41. The van der Waals surface area contributed by atoms with Crippen LogP contribution in [0.15, 0.2) is 22.7 Å². The minimum Gasteiger partial charge on any atom is -0.485 e. The molecule has 21 heavy (non-hydrogen) atoms. The first-order chi connectivity index (χ1) is 10.3. The summed E-state index contributed by atoms with van der Waals surface area (Å²) < 4.78 is 10.9. The summed E-state index contributed by atoms with van der Waals surface area (Å²) >= 11 is 0. The summed E-state index contributed by atoms with van der Waals surface area (Å²) in [5.74, 6) is 2.74. The summed E-state index contributed by atoms with van der Waals surface area (Å²) in [6.07, 6.45) is 4.79. The molecule has 2 aliphatic rings. The molecule has 1 aromatic carbocycles. The van der Waals surface area contributed by atoms with E-state index in [1.807, 2.05) is 18.2 Å². The van der Waals surface area contributed by atoms with E-state index in [1.54, 1.807) is 0 Å². The third kappa shape index (κ3) is 2.55. The van der Waals surface area contributed by atoms with Gasteiger partial charge in [0.05, 0.1) is 0 Å². The average Bonchev–Trinajstić information content (AvgIpc) is 3.24. The van der Waals surface area contributed by atoms with E-state index in [0.29, 0.717) is 24.8 Å². The largest absolute Gasteiger partial charge is 0.485 e. The Morgan fingerprint density at radius 2 is 2.19 bits per heavy atom. The van der Waals surface area contributed by atoms with Gasteiger partial charge in [0.15, 0.2) is 12.4 Å². The van der Waals surface area contributed by atoms with Gasteiger partial charge in [-0.1, -0.05) is 5.16 Å². The van der Waals surface area contributed by atoms with Crippen LogP contribution in [0.5, 0.6) is 5.75 Å². The lowest BCUT2D eigenvalue weighted by atomic mass is 9.91. The highest BCUT2D eigenvalue weighted by atomic mass is 16.5. The molecular weight excluding hydrogens is 268 g/mol. The summed E-state index contributed by atoms with van der Waals surface area (Å²) in [6, 6.07) is 5.65. The van der Waals surface area contributed by atoms with Crippen LogP contribution in [0.2, 0.25) is 0 Å². The van der Waals surface area contributed by atoms with Crippen molar-refractivity contribution in [3.63, 3.8) is 0 Å². The van der Waals surface area contributed by atoms with E-state index in [1.165, 1.54) is 0 Å². The average molecular weight is 284 g/mol. The van der Waals surface area contributed by atoms with Gasteiger partial charge in [0, 0.05) is 17.9 Å². The van der Waals surface area contributed by atoms with Gasteiger partial charge >= 0.3 is 0 Å². The fourth-order valence-electron chi connectivity index (χ4n) is 2.68. The van der Waals surface area contributed by atoms with Crippen molar-refractivity contribution in [1.82, 2.24) is 10.1 Å². The maximum absolute atomic E-state index is 11.8. The van der Waals surface area contributed by atoms with E-state index in [2.05, 4.69) is 10.1 Å². The minimum atomic E-state index is 0.232. The van der Waals surface area contributed by atoms with Crippen molar-refractivity contribution in [2.45, 2.75) is 44.6 Å². The Hall–Kier alpha value is -2.17. The lowest BCUT2D eigenvalue weighted by Crippen LogP contribution is -2.10. The molecule has 0 aliphatic heterocycles. The number of ether oxygens (including phenoxy) is 1. The molecule has 108 valence electrons. The van der Waals surface area contributed by atoms with Crippen LogP contribution in [-0.4, -0.2) is 15.9 Å². The molecule has 0 spiro atoms. The van der Waals surface area contributed by atoms with Gasteiger partial charge in [-0.05, 0) is 49.4 Å². The number of hydrogen-bond donors (Lipinski definition) is 0. The zero-order valence-electron chi connectivity index (χ0n) is 11.7. The Labute approximate surface area is 122 Å². The molecule has 2 aromatic rings. The quantitative estimate of drug-likeness (QED) is 0.863. The lowest BCUT2D eigenvalue weighted by Gasteiger charge is -2.15. The molecule has 1 heterocycles. The predicted octanol–water partition coefficient (Wildman–Crippen LogP) is 3.05. The number of rotatable bonds is 4. The van der Waals surface area contributed by atoms with Crippen molar-refractivity contribution >= 4 is 5.78 Å². The van der Waals surface area contributed by atoms with Gasteiger partial charge in [-0.3, -0.25) is 4.79 Å². The molecule has 0 radical (unpaired) electrons. The van der Waals surface area contributed by atoms with Gasteiger partial charge in [-0.15, -0.1) is 0 Å². The molecule has 0 atom stereocenters. The smallest absolute Gasteiger partial charge is 0.229 e. The van der Waals surface area contributed by atoms with Crippen LogP contribution >= 0.6 is 0 Å². The van der Waals surface area contributed by atoms with Crippen LogP contribution in [0.1, 0.15) is 59.2 Å². The second kappa shape index (κ2) is 4.98. The third-order valence-electron chi connectivity index (χ3n) is 4.01. The van der Waals surface area contributed by atoms with Crippen LogP contribution in [0.3, 0.4) is 0 Å². The third-order valence-corrected chi connectivity index (χ3v) is 4.01. The maximum Gasteiger partial charge on any atom is 0.229 e. The molecule has 1 fully saturated rings. The van der Waals surface area contributed by atoms with Crippen molar-refractivity contribution in [1.29, 1.82) is 0 Å². The molecule has 5 heteroatoms. The number of nitrogens with zero attached hydrogens (tertiary/aromatic N) is 2. The van der Waals surface area contributed by atoms with E-state index in [0.717, 1.165) is 48.5 Å². The zero-order valence-corrected chi connectivity index (χ0v) is 11.7. The number of aromatic nitrogens is 2. The number of carbonyl (C=O) groups excluding carboxylic acids is 1. The second-order valence-electron chi connectivity index (χ2n) is 5.71. The number of benzene rings is 1. The van der Waals surface area contributed by atoms with Gasteiger partial charge in [0.25, 0.3) is 0 Å². The van der Waals surface area contributed by atoms with Gasteiger partial charge in [-0.25, -0.2) is 0 Å². The number of aryl methyl sites for hydroxylation is 1. The summed E-state index contributed by atoms with van der Waals surface area (Å²) in [6.45, 7) is 0.295. The Morgan fingerprint density at radius 3 is 3.05 bits per heavy atom. The second-order valence-corrected chi connectivity index (χ2v) is 5.71. The van der Waals surface area contributed by atoms with Crippen LogP contribution < -0.4 is 4.74 Å². The Bertz CT molecular complexity index is 689. The highest BCUT2D eigenvalue weighted by Crippen LogP contribution is 2.38. The number of Topliss-reactive ketones (excluding diaryl/α,β-unsaturated/α-hetero) is 1. The predicted molar refractivity (Wildman–Crippen MR) is 74.3 cm³/mol. The van der Waals surface area contributed by atoms with Crippen LogP contribution in [0, 0.1) is 0 Å². The molecule has 0 unspecified atom stereocenters. The fraction of sp³-hybridized carbons (Fsp3) is 0.438. The summed E-state index contributed by atoms with van der Waals surface area (Å²) in [5.41, 5.74) is 1.92. The Kier molecular flexibility index (Phi) is 2.98. The Morgan fingerprint density at radius 1 is 1.29 bits per heavy atom. The van der Waals surface area contributed by atoms with Crippen molar-refractivity contribution in [3.8, 4) is 5.75 Å². The van der Waals surface area contributed by atoms with Crippen LogP contribution in [-0.2, 0) is 13.0 Å². The van der Waals surface area contributed by atoms with E-state index < -0.39 is 0 Å². The van der Waals surface area contributed by atoms with Gasteiger partial charge in [0.2, 0.25) is 11.7 Å². The normalized spacial score (nSPS) is 17.6. The minimum absolute atomic E-state index is 0.232. The highest BCUT2D eigenvalue weighted by Gasteiger charge is 2.29. The first-order valence-corrected chi connectivity index (χ1v) is 7.41. The molecule has 5 nitrogen and oxygen atoms in total. The Balaban J connectivity index is 1.45. The lowest BCUT2D eigenvalue weighted by molar-refractivity contribution is 0.0972. The molecule has 0 saturated heterocycles. The number of ketones is 1. The summed E-state index contributed by atoms with van der Waals surface area (Å²) in [7, 11) is 0. The molecule has 1 saturated carbocycles. The van der Waals surface area contributed by atoms with Gasteiger partial charge in [-0.2, -0.15) is 4.98 Å². The highest BCUT2D eigenvalue weighted by molar-refractivity contribution is 5.98. The van der Waals surface area contributed by atoms with Crippen molar-refractivity contribution in [3.05, 3.63) is 41.0 Å². The molecular formula is C16H16N2O3. The number of carbonyl (C=O) groups is 1. The molecule has 0 bridgehead atoms. The van der Waals surface area contributed by atoms with E-state index >= 15 is 0 Å². The molecule has 1 aromatic heterocycles. The topological polar surface area (TPSA) is 65.2 Å². The standard InChI is InChI=1S/C16H16N2O3/c19-14-3-1-2-11-8-12(6-7-13(11)14)20-9-15-17-16(21-18-15)10-4-5-10/h6-8,10H,1-5,9H2. The van der Waals surface area contributed by atoms with Crippen molar-refractivity contribution < 1.29 is 14.1 Å². The van der Waals surface area contributed by atoms with Crippen LogP contribution in [0.25, 0.3) is 0 Å². The maximum atomic E-state index is 11.8. The monoisotopic (exact) mass is 284 g/mol. The number of fused-ring (bicyclic) bond motifs is 1. The van der Waals surface area contributed by atoms with Crippen LogP contribution in [0.4, 0.5) is 0 Å². The van der Waals surface area contributed by atoms with E-state index in [-0.39, 0.29) is 5.78 Å². The van der Waals surface area contributed by atoms with Gasteiger partial charge in [0.1, 0.15) is 5.75 Å². The molecule has 0 N–H and O–H groups in total. The van der Waals surface area contributed by atoms with Crippen molar-refractivity contribution in [2.24, 2.45) is 0 Å². The van der Waals surface area contributed by atoms with E-state index in [9.17, 15) is 4.79 Å². The summed E-state index contributed by atoms with van der Waals surface area (Å²) in [5, 5.41) is 3.93. The zero-order chi connectivity index (χ0) is 14.2. The molecule has 4 rings (SSSR count). The molecule has 0 amide bonds. The van der Waals surface area contributed by atoms with E-state index in [4.69, 9.17) is 9.26 Å².